The van der Waals surface area contributed by atoms with Gasteiger partial charge in [-0.05, 0) is 49.4 Å². The molecule has 0 aliphatic heterocycles. The highest BCUT2D eigenvalue weighted by molar-refractivity contribution is 5.27. The number of hydrogen-bond acceptors (Lipinski definition) is 2. The molecule has 0 aliphatic rings. The molecule has 0 aromatic heterocycles. The van der Waals surface area contributed by atoms with Crippen LogP contribution in [0, 0.1) is 5.41 Å². The Balaban J connectivity index is 2.49. The summed E-state index contributed by atoms with van der Waals surface area (Å²) in [6.07, 6.45) is 2.20. The topological polar surface area (TPSA) is 35.2 Å². The third-order valence-corrected chi connectivity index (χ3v) is 2.88. The molecule has 16 heavy (non-hydrogen) atoms. The zero-order chi connectivity index (χ0) is 12.0. The predicted molar refractivity (Wildman–Crippen MR) is 68.8 cm³/mol. The van der Waals surface area contributed by atoms with E-state index in [0.717, 1.165) is 31.7 Å². The molecule has 0 heterocycles. The molecule has 2 heteroatoms. The molecule has 2 nitrogen and oxygen atoms in total. The van der Waals surface area contributed by atoms with Gasteiger partial charge in [0.2, 0.25) is 0 Å². The first-order chi connectivity index (χ1) is 7.57. The Morgan fingerprint density at radius 3 is 2.31 bits per heavy atom. The smallest absolute Gasteiger partial charge is 0.119 e. The first-order valence-electron chi connectivity index (χ1n) is 5.99. The van der Waals surface area contributed by atoms with E-state index in [2.05, 4.69) is 26.0 Å². The van der Waals surface area contributed by atoms with Crippen LogP contribution in [-0.2, 0) is 6.42 Å². The standard InChI is InChI=1S/C14H23NO/c1-4-16-13-7-5-12(6-8-13)9-10-14(2,3)11-15/h5-8H,4,9-11,15H2,1-3H3. The van der Waals surface area contributed by atoms with Crippen LogP contribution in [0.15, 0.2) is 24.3 Å². The van der Waals surface area contributed by atoms with Crippen LogP contribution in [-0.4, -0.2) is 13.2 Å². The summed E-state index contributed by atoms with van der Waals surface area (Å²) in [6, 6.07) is 8.34. The number of ether oxygens (including phenoxy) is 1. The van der Waals surface area contributed by atoms with Crippen molar-refractivity contribution in [3.05, 3.63) is 29.8 Å². The summed E-state index contributed by atoms with van der Waals surface area (Å²) < 4.78 is 5.41. The third kappa shape index (κ3) is 4.23. The molecule has 0 amide bonds. The fourth-order valence-corrected chi connectivity index (χ4v) is 1.50. The van der Waals surface area contributed by atoms with Crippen LogP contribution in [0.1, 0.15) is 32.8 Å². The number of nitrogens with two attached hydrogens (primary N) is 1. The molecule has 1 aromatic rings. The molecule has 0 fully saturated rings. The lowest BCUT2D eigenvalue weighted by Crippen LogP contribution is -2.23. The molecule has 1 rings (SSSR count). The van der Waals surface area contributed by atoms with Crippen molar-refractivity contribution in [1.29, 1.82) is 0 Å². The van der Waals surface area contributed by atoms with Gasteiger partial charge in [0, 0.05) is 0 Å². The van der Waals surface area contributed by atoms with Gasteiger partial charge in [-0.15, -0.1) is 0 Å². The number of benzene rings is 1. The van der Waals surface area contributed by atoms with Gasteiger partial charge in [-0.3, -0.25) is 0 Å². The predicted octanol–water partition coefficient (Wildman–Crippen LogP) is 3.00. The van der Waals surface area contributed by atoms with Gasteiger partial charge in [0.05, 0.1) is 6.61 Å². The summed E-state index contributed by atoms with van der Waals surface area (Å²) in [5, 5.41) is 0. The van der Waals surface area contributed by atoms with Gasteiger partial charge >= 0.3 is 0 Å². The second kappa shape index (κ2) is 5.90. The van der Waals surface area contributed by atoms with Crippen LogP contribution in [0.25, 0.3) is 0 Å². The molecular weight excluding hydrogens is 198 g/mol. The average molecular weight is 221 g/mol. The van der Waals surface area contributed by atoms with E-state index in [9.17, 15) is 0 Å². The first kappa shape index (κ1) is 13.0. The number of aryl methyl sites for hydroxylation is 1. The molecule has 0 spiro atoms. The number of rotatable bonds is 6. The van der Waals surface area contributed by atoms with Gasteiger partial charge in [-0.1, -0.05) is 26.0 Å². The molecule has 0 radical (unpaired) electrons. The van der Waals surface area contributed by atoms with Gasteiger partial charge in [0.25, 0.3) is 0 Å². The van der Waals surface area contributed by atoms with Crippen molar-refractivity contribution < 1.29 is 4.74 Å². The Labute approximate surface area is 98.8 Å². The molecule has 0 aliphatic carbocycles. The van der Waals surface area contributed by atoms with E-state index in [-0.39, 0.29) is 5.41 Å². The third-order valence-electron chi connectivity index (χ3n) is 2.88. The maximum atomic E-state index is 5.71. The van der Waals surface area contributed by atoms with Gasteiger partial charge in [-0.2, -0.15) is 0 Å². The zero-order valence-corrected chi connectivity index (χ0v) is 10.6. The minimum atomic E-state index is 0.235. The Bertz CT molecular complexity index is 303. The monoisotopic (exact) mass is 221 g/mol. The van der Waals surface area contributed by atoms with Gasteiger partial charge < -0.3 is 10.5 Å². The van der Waals surface area contributed by atoms with E-state index in [1.54, 1.807) is 0 Å². The van der Waals surface area contributed by atoms with Gasteiger partial charge in [-0.25, -0.2) is 0 Å². The lowest BCUT2D eigenvalue weighted by atomic mass is 9.86. The highest BCUT2D eigenvalue weighted by Gasteiger charge is 2.14. The molecule has 0 saturated carbocycles. The van der Waals surface area contributed by atoms with E-state index in [4.69, 9.17) is 10.5 Å². The molecule has 0 atom stereocenters. The maximum absolute atomic E-state index is 5.71. The Kier molecular flexibility index (Phi) is 4.81. The molecule has 90 valence electrons. The summed E-state index contributed by atoms with van der Waals surface area (Å²) in [4.78, 5) is 0. The van der Waals surface area contributed by atoms with Crippen LogP contribution in [0.5, 0.6) is 5.75 Å². The Morgan fingerprint density at radius 2 is 1.81 bits per heavy atom. The summed E-state index contributed by atoms with van der Waals surface area (Å²) >= 11 is 0. The second-order valence-electron chi connectivity index (χ2n) is 4.95. The first-order valence-corrected chi connectivity index (χ1v) is 5.99. The van der Waals surface area contributed by atoms with E-state index in [0.29, 0.717) is 0 Å². The average Bonchev–Trinajstić information content (AvgIpc) is 2.29. The van der Waals surface area contributed by atoms with Gasteiger partial charge in [0.1, 0.15) is 5.75 Å². The summed E-state index contributed by atoms with van der Waals surface area (Å²) in [5.74, 6) is 0.948. The Morgan fingerprint density at radius 1 is 1.19 bits per heavy atom. The van der Waals surface area contributed by atoms with Crippen molar-refractivity contribution in [2.24, 2.45) is 11.1 Å². The van der Waals surface area contributed by atoms with Crippen molar-refractivity contribution in [2.45, 2.75) is 33.6 Å². The van der Waals surface area contributed by atoms with E-state index in [1.807, 2.05) is 19.1 Å². The lowest BCUT2D eigenvalue weighted by molar-refractivity contribution is 0.339. The fourth-order valence-electron chi connectivity index (χ4n) is 1.50. The van der Waals surface area contributed by atoms with Crippen LogP contribution >= 0.6 is 0 Å². The molecule has 0 unspecified atom stereocenters. The second-order valence-corrected chi connectivity index (χ2v) is 4.95. The quantitative estimate of drug-likeness (QED) is 0.801. The fraction of sp³-hybridized carbons (Fsp3) is 0.571. The minimum Gasteiger partial charge on any atom is -0.494 e. The highest BCUT2D eigenvalue weighted by Crippen LogP contribution is 2.22. The summed E-state index contributed by atoms with van der Waals surface area (Å²) in [5.41, 5.74) is 7.30. The molecule has 2 N–H and O–H groups in total. The Hall–Kier alpha value is -1.02. The van der Waals surface area contributed by atoms with Crippen LogP contribution in [0.3, 0.4) is 0 Å². The van der Waals surface area contributed by atoms with Crippen molar-refractivity contribution >= 4 is 0 Å². The van der Waals surface area contributed by atoms with Crippen molar-refractivity contribution in [1.82, 2.24) is 0 Å². The highest BCUT2D eigenvalue weighted by atomic mass is 16.5. The normalized spacial score (nSPS) is 11.5. The molecule has 1 aromatic carbocycles. The largest absolute Gasteiger partial charge is 0.494 e. The van der Waals surface area contributed by atoms with Crippen molar-refractivity contribution in [3.63, 3.8) is 0 Å². The zero-order valence-electron chi connectivity index (χ0n) is 10.6. The molecule has 0 bridgehead atoms. The minimum absolute atomic E-state index is 0.235. The van der Waals surface area contributed by atoms with Crippen molar-refractivity contribution in [3.8, 4) is 5.75 Å². The summed E-state index contributed by atoms with van der Waals surface area (Å²) in [6.45, 7) is 7.88. The summed E-state index contributed by atoms with van der Waals surface area (Å²) in [7, 11) is 0. The number of hydrogen-bond donors (Lipinski definition) is 1. The van der Waals surface area contributed by atoms with Crippen molar-refractivity contribution in [2.75, 3.05) is 13.2 Å². The maximum Gasteiger partial charge on any atom is 0.119 e. The van der Waals surface area contributed by atoms with E-state index >= 15 is 0 Å². The SMILES string of the molecule is CCOc1ccc(CCC(C)(C)CN)cc1. The van der Waals surface area contributed by atoms with Crippen LogP contribution in [0.4, 0.5) is 0 Å². The van der Waals surface area contributed by atoms with E-state index < -0.39 is 0 Å². The van der Waals surface area contributed by atoms with Crippen LogP contribution < -0.4 is 10.5 Å². The van der Waals surface area contributed by atoms with Gasteiger partial charge in [0.15, 0.2) is 0 Å². The lowest BCUT2D eigenvalue weighted by Gasteiger charge is -2.22. The molecular formula is C14H23NO. The molecule has 0 saturated heterocycles. The van der Waals surface area contributed by atoms with Crippen LogP contribution in [0.2, 0.25) is 0 Å². The van der Waals surface area contributed by atoms with E-state index in [1.165, 1.54) is 5.56 Å².